The first-order valence-electron chi connectivity index (χ1n) is 12.8. The molecular weight excluding hydrogens is 460 g/mol. The summed E-state index contributed by atoms with van der Waals surface area (Å²) in [5, 5.41) is 5.62. The maximum absolute atomic E-state index is 13.1. The summed E-state index contributed by atoms with van der Waals surface area (Å²) in [6.45, 7) is 12.3. The molecule has 188 valence electrons. The molecule has 0 radical (unpaired) electrons. The molecule has 0 bridgehead atoms. The van der Waals surface area contributed by atoms with E-state index < -0.39 is 0 Å². The molecule has 1 fully saturated rings. The fourth-order valence-corrected chi connectivity index (χ4v) is 5.44. The Bertz CT molecular complexity index is 1680. The van der Waals surface area contributed by atoms with E-state index in [1.165, 1.54) is 22.3 Å². The highest BCUT2D eigenvalue weighted by Crippen LogP contribution is 2.43. The number of pyridine rings is 1. The fraction of sp³-hybridized carbons (Fsp3) is 0.290. The molecule has 4 heterocycles. The summed E-state index contributed by atoms with van der Waals surface area (Å²) in [6.07, 6.45) is 7.80. The van der Waals surface area contributed by atoms with Gasteiger partial charge in [-0.1, -0.05) is 49.7 Å². The minimum absolute atomic E-state index is 0.104. The van der Waals surface area contributed by atoms with Gasteiger partial charge in [0.15, 0.2) is 0 Å². The van der Waals surface area contributed by atoms with Crippen LogP contribution >= 0.6 is 0 Å². The summed E-state index contributed by atoms with van der Waals surface area (Å²) in [5.74, 6) is 0. The molecule has 1 N–H and O–H groups in total. The molecule has 2 aromatic carbocycles. The van der Waals surface area contributed by atoms with Gasteiger partial charge in [-0.15, -0.1) is 0 Å². The van der Waals surface area contributed by atoms with E-state index >= 15 is 0 Å². The maximum Gasteiger partial charge on any atom is 0.272 e. The zero-order chi connectivity index (χ0) is 25.9. The minimum Gasteiger partial charge on any atom is -0.377 e. The van der Waals surface area contributed by atoms with Crippen molar-refractivity contribution in [1.82, 2.24) is 19.3 Å². The molecule has 0 saturated carbocycles. The quantitative estimate of drug-likeness (QED) is 0.327. The molecule has 37 heavy (non-hydrogen) atoms. The number of aromatic nitrogens is 4. The van der Waals surface area contributed by atoms with Gasteiger partial charge in [0.05, 0.1) is 31.1 Å². The van der Waals surface area contributed by atoms with Crippen LogP contribution in [0.4, 0.5) is 0 Å². The van der Waals surface area contributed by atoms with Crippen molar-refractivity contribution in [3.63, 3.8) is 0 Å². The Balaban J connectivity index is 1.69. The van der Waals surface area contributed by atoms with Crippen LogP contribution in [0.2, 0.25) is 0 Å². The number of aromatic amines is 1. The van der Waals surface area contributed by atoms with Crippen LogP contribution in [-0.2, 0) is 10.2 Å². The molecule has 1 saturated heterocycles. The SMILES string of the molecule is Cc1ccc(C(C)(C)c2cc(C)c(C)c(-c3cnn(C4COC4)c3)c2-n2ccc3cc[nH]c(=O)c32)cc1. The van der Waals surface area contributed by atoms with E-state index in [4.69, 9.17) is 9.84 Å². The van der Waals surface area contributed by atoms with Crippen LogP contribution in [-0.4, -0.2) is 32.5 Å². The Hall–Kier alpha value is -3.90. The zero-order valence-corrected chi connectivity index (χ0v) is 22.0. The van der Waals surface area contributed by atoms with Gasteiger partial charge in [-0.25, -0.2) is 0 Å². The molecule has 6 heteroatoms. The number of H-pyrrole nitrogens is 1. The van der Waals surface area contributed by atoms with Crippen molar-refractivity contribution in [3.8, 4) is 16.8 Å². The van der Waals surface area contributed by atoms with E-state index in [9.17, 15) is 4.79 Å². The predicted octanol–water partition coefficient (Wildman–Crippen LogP) is 6.00. The number of hydrogen-bond acceptors (Lipinski definition) is 3. The lowest BCUT2D eigenvalue weighted by atomic mass is 9.74. The second-order valence-electron chi connectivity index (χ2n) is 10.8. The van der Waals surface area contributed by atoms with E-state index in [1.54, 1.807) is 6.20 Å². The molecule has 0 amide bonds. The Morgan fingerprint density at radius 1 is 1.05 bits per heavy atom. The first-order valence-corrected chi connectivity index (χ1v) is 12.8. The number of benzene rings is 2. The van der Waals surface area contributed by atoms with Gasteiger partial charge in [0.1, 0.15) is 5.52 Å². The number of nitrogens with zero attached hydrogens (tertiary/aromatic N) is 3. The average Bonchev–Trinajstić information content (AvgIpc) is 3.48. The van der Waals surface area contributed by atoms with E-state index in [1.807, 2.05) is 29.2 Å². The van der Waals surface area contributed by atoms with Crippen LogP contribution in [0, 0.1) is 20.8 Å². The first kappa shape index (κ1) is 23.5. The third-order valence-corrected chi connectivity index (χ3v) is 8.00. The molecule has 5 aromatic rings. The Morgan fingerprint density at radius 2 is 1.81 bits per heavy atom. The first-order chi connectivity index (χ1) is 17.8. The number of aryl methyl sites for hydroxylation is 2. The highest BCUT2D eigenvalue weighted by molar-refractivity contribution is 5.87. The minimum atomic E-state index is -0.327. The van der Waals surface area contributed by atoms with Crippen LogP contribution in [0.25, 0.3) is 27.7 Å². The van der Waals surface area contributed by atoms with Gasteiger partial charge in [-0.3, -0.25) is 9.48 Å². The van der Waals surface area contributed by atoms with Crippen molar-refractivity contribution in [1.29, 1.82) is 0 Å². The lowest BCUT2D eigenvalue weighted by Gasteiger charge is -2.32. The zero-order valence-electron chi connectivity index (χ0n) is 22.0. The molecule has 0 aliphatic carbocycles. The van der Waals surface area contributed by atoms with Crippen LogP contribution in [0.5, 0.6) is 0 Å². The third-order valence-electron chi connectivity index (χ3n) is 8.00. The third kappa shape index (κ3) is 3.75. The monoisotopic (exact) mass is 492 g/mol. The molecule has 0 spiro atoms. The molecule has 0 atom stereocenters. The molecule has 1 aliphatic heterocycles. The summed E-state index contributed by atoms with van der Waals surface area (Å²) < 4.78 is 9.49. The molecule has 3 aromatic heterocycles. The summed E-state index contributed by atoms with van der Waals surface area (Å²) in [6, 6.07) is 15.3. The van der Waals surface area contributed by atoms with E-state index in [-0.39, 0.29) is 17.0 Å². The van der Waals surface area contributed by atoms with Crippen LogP contribution in [0.3, 0.4) is 0 Å². The van der Waals surface area contributed by atoms with Crippen molar-refractivity contribution in [2.75, 3.05) is 13.2 Å². The number of rotatable bonds is 5. The summed E-state index contributed by atoms with van der Waals surface area (Å²) in [4.78, 5) is 16.0. The second-order valence-corrected chi connectivity index (χ2v) is 10.8. The van der Waals surface area contributed by atoms with E-state index in [0.29, 0.717) is 18.7 Å². The lowest BCUT2D eigenvalue weighted by Crippen LogP contribution is -2.30. The van der Waals surface area contributed by atoms with Crippen molar-refractivity contribution >= 4 is 10.9 Å². The van der Waals surface area contributed by atoms with Gasteiger partial charge >= 0.3 is 0 Å². The fourth-order valence-electron chi connectivity index (χ4n) is 5.44. The highest BCUT2D eigenvalue weighted by Gasteiger charge is 2.31. The standard InChI is InChI=1S/C31H32N4O2/c1-19-6-8-24(9-7-19)31(4,5)26-14-20(2)21(3)27(23-15-33-35(16-23)25-17-37-18-25)29(26)34-13-11-22-10-12-32-30(36)28(22)34/h6-16,25H,17-18H2,1-5H3,(H,32,36). The van der Waals surface area contributed by atoms with Crippen LogP contribution < -0.4 is 5.56 Å². The maximum atomic E-state index is 13.1. The summed E-state index contributed by atoms with van der Waals surface area (Å²) in [7, 11) is 0. The number of hydrogen-bond donors (Lipinski definition) is 1. The van der Waals surface area contributed by atoms with Gasteiger partial charge in [0, 0.05) is 40.5 Å². The number of ether oxygens (including phenoxy) is 1. The average molecular weight is 493 g/mol. The lowest BCUT2D eigenvalue weighted by molar-refractivity contribution is -0.0286. The van der Waals surface area contributed by atoms with Gasteiger partial charge in [-0.05, 0) is 55.2 Å². The van der Waals surface area contributed by atoms with Crippen molar-refractivity contribution in [2.45, 2.75) is 46.1 Å². The molecule has 6 rings (SSSR count). The summed E-state index contributed by atoms with van der Waals surface area (Å²) >= 11 is 0. The van der Waals surface area contributed by atoms with E-state index in [0.717, 1.165) is 27.8 Å². The Labute approximate surface area is 216 Å². The smallest absolute Gasteiger partial charge is 0.272 e. The Kier molecular flexibility index (Phi) is 5.46. The van der Waals surface area contributed by atoms with Gasteiger partial charge in [0.25, 0.3) is 5.56 Å². The molecular formula is C31H32N4O2. The van der Waals surface area contributed by atoms with Gasteiger partial charge < -0.3 is 14.3 Å². The topological polar surface area (TPSA) is 64.8 Å². The van der Waals surface area contributed by atoms with Crippen LogP contribution in [0.1, 0.15) is 47.7 Å². The molecule has 1 aliphatic rings. The van der Waals surface area contributed by atoms with Crippen molar-refractivity contribution in [2.24, 2.45) is 0 Å². The van der Waals surface area contributed by atoms with Crippen molar-refractivity contribution in [3.05, 3.63) is 105 Å². The summed E-state index contributed by atoms with van der Waals surface area (Å²) in [5.41, 5.74) is 9.38. The highest BCUT2D eigenvalue weighted by atomic mass is 16.5. The van der Waals surface area contributed by atoms with Crippen molar-refractivity contribution < 1.29 is 4.74 Å². The second kappa shape index (κ2) is 8.60. The van der Waals surface area contributed by atoms with E-state index in [2.05, 4.69) is 80.7 Å². The largest absolute Gasteiger partial charge is 0.377 e. The molecule has 0 unspecified atom stereocenters. The molecule has 6 nitrogen and oxygen atoms in total. The van der Waals surface area contributed by atoms with Crippen LogP contribution in [0.15, 0.2) is 72.0 Å². The predicted molar refractivity (Wildman–Crippen MR) is 148 cm³/mol. The number of fused-ring (bicyclic) bond motifs is 1. The number of nitrogens with one attached hydrogen (secondary N) is 1. The van der Waals surface area contributed by atoms with Gasteiger partial charge in [-0.2, -0.15) is 5.10 Å². The Morgan fingerprint density at radius 3 is 2.51 bits per heavy atom. The normalized spacial score (nSPS) is 14.3. The van der Waals surface area contributed by atoms with Gasteiger partial charge in [0.2, 0.25) is 0 Å².